The van der Waals surface area contributed by atoms with Crippen molar-refractivity contribution >= 4 is 5.97 Å². The zero-order chi connectivity index (χ0) is 15.7. The average Bonchev–Trinajstić information content (AvgIpc) is 2.93. The normalized spacial score (nSPS) is 10.6. The van der Waals surface area contributed by atoms with E-state index in [-0.39, 0.29) is 11.5 Å². The molecule has 1 aromatic heterocycles. The van der Waals surface area contributed by atoms with Gasteiger partial charge in [-0.05, 0) is 30.7 Å². The molecule has 0 aliphatic rings. The number of rotatable bonds is 3. The van der Waals surface area contributed by atoms with Crippen molar-refractivity contribution in [3.63, 3.8) is 0 Å². The summed E-state index contributed by atoms with van der Waals surface area (Å²) in [5, 5.41) is 9.19. The number of halogens is 1. The zero-order valence-corrected chi connectivity index (χ0v) is 11.8. The lowest BCUT2D eigenvalue weighted by molar-refractivity contribution is 0.0691. The Balaban J connectivity index is 2.25. The number of carboxylic acids is 1. The first-order valence-corrected chi connectivity index (χ1v) is 6.71. The predicted octanol–water partition coefficient (Wildman–Crippen LogP) is 3.69. The summed E-state index contributed by atoms with van der Waals surface area (Å²) in [7, 11) is 0. The largest absolute Gasteiger partial charge is 0.476 e. The number of hydrogen-bond donors (Lipinski definition) is 1. The Kier molecular flexibility index (Phi) is 3.47. The van der Waals surface area contributed by atoms with Crippen LogP contribution in [0.15, 0.2) is 54.7 Å². The minimum atomic E-state index is -1.12. The third-order valence-corrected chi connectivity index (χ3v) is 3.40. The first kappa shape index (κ1) is 14.0. The van der Waals surface area contributed by atoms with Gasteiger partial charge in [-0.2, -0.15) is 0 Å². The molecular weight excluding hydrogens is 283 g/mol. The molecule has 0 unspecified atom stereocenters. The summed E-state index contributed by atoms with van der Waals surface area (Å²) in [5.74, 6) is -1.04. The number of imidazole rings is 1. The fraction of sp³-hybridized carbons (Fsp3) is 0.0588. The van der Waals surface area contributed by atoms with Crippen LogP contribution in [0.3, 0.4) is 0 Å². The molecular formula is C17H13FN2O2. The van der Waals surface area contributed by atoms with E-state index in [1.165, 1.54) is 18.3 Å². The average molecular weight is 296 g/mol. The standard InChI is InChI=1S/C17H13FN2O2/c1-11-5-2-3-8-14(11)16-19-15(17(21)22)10-20(16)13-7-4-6-12(18)9-13/h2-10H,1H3,(H,21,22). The maximum Gasteiger partial charge on any atom is 0.356 e. The van der Waals surface area contributed by atoms with Gasteiger partial charge in [0.1, 0.15) is 11.6 Å². The molecule has 0 saturated carbocycles. The number of nitrogens with zero attached hydrogens (tertiary/aromatic N) is 2. The fourth-order valence-electron chi connectivity index (χ4n) is 2.32. The summed E-state index contributed by atoms with van der Waals surface area (Å²) < 4.78 is 15.1. The van der Waals surface area contributed by atoms with E-state index in [0.717, 1.165) is 11.1 Å². The van der Waals surface area contributed by atoms with Crippen molar-refractivity contribution in [2.24, 2.45) is 0 Å². The van der Waals surface area contributed by atoms with Crippen molar-refractivity contribution in [3.05, 3.63) is 71.8 Å². The topological polar surface area (TPSA) is 55.1 Å². The van der Waals surface area contributed by atoms with Crippen molar-refractivity contribution in [2.45, 2.75) is 6.92 Å². The Morgan fingerprint density at radius 2 is 1.95 bits per heavy atom. The summed E-state index contributed by atoms with van der Waals surface area (Å²) in [6, 6.07) is 13.5. The van der Waals surface area contributed by atoms with Gasteiger partial charge in [0.15, 0.2) is 5.69 Å². The SMILES string of the molecule is Cc1ccccc1-c1nc(C(=O)O)cn1-c1cccc(F)c1. The lowest BCUT2D eigenvalue weighted by atomic mass is 10.1. The van der Waals surface area contributed by atoms with Gasteiger partial charge in [0.2, 0.25) is 0 Å². The summed E-state index contributed by atoms with van der Waals surface area (Å²) >= 11 is 0. The Morgan fingerprint density at radius 3 is 2.64 bits per heavy atom. The van der Waals surface area contributed by atoms with Crippen LogP contribution in [0.2, 0.25) is 0 Å². The maximum absolute atomic E-state index is 13.5. The van der Waals surface area contributed by atoms with Gasteiger partial charge in [0.05, 0.1) is 0 Å². The van der Waals surface area contributed by atoms with Gasteiger partial charge < -0.3 is 5.11 Å². The summed E-state index contributed by atoms with van der Waals surface area (Å²) in [6.45, 7) is 1.92. The van der Waals surface area contributed by atoms with E-state index >= 15 is 0 Å². The number of carboxylic acid groups (broad SMARTS) is 1. The van der Waals surface area contributed by atoms with Crippen LogP contribution in [-0.4, -0.2) is 20.6 Å². The molecule has 0 bridgehead atoms. The highest BCUT2D eigenvalue weighted by Gasteiger charge is 2.17. The van der Waals surface area contributed by atoms with E-state index in [4.69, 9.17) is 0 Å². The van der Waals surface area contributed by atoms with Gasteiger partial charge >= 0.3 is 5.97 Å². The number of benzene rings is 2. The Hall–Kier alpha value is -2.95. The van der Waals surface area contributed by atoms with Crippen LogP contribution in [-0.2, 0) is 0 Å². The minimum Gasteiger partial charge on any atom is -0.476 e. The van der Waals surface area contributed by atoms with Crippen LogP contribution in [0.5, 0.6) is 0 Å². The van der Waals surface area contributed by atoms with Gasteiger partial charge in [-0.3, -0.25) is 4.57 Å². The Morgan fingerprint density at radius 1 is 1.18 bits per heavy atom. The number of aromatic carboxylic acids is 1. The molecule has 3 rings (SSSR count). The summed E-state index contributed by atoms with van der Waals surface area (Å²) in [4.78, 5) is 15.4. The third-order valence-electron chi connectivity index (χ3n) is 3.40. The lowest BCUT2D eigenvalue weighted by Crippen LogP contribution is -1.97. The van der Waals surface area contributed by atoms with Crippen molar-refractivity contribution in [1.82, 2.24) is 9.55 Å². The Labute approximate surface area is 126 Å². The first-order valence-electron chi connectivity index (χ1n) is 6.71. The van der Waals surface area contributed by atoms with Gasteiger partial charge in [-0.25, -0.2) is 14.2 Å². The van der Waals surface area contributed by atoms with Crippen LogP contribution in [0, 0.1) is 12.7 Å². The van der Waals surface area contributed by atoms with Crippen molar-refractivity contribution in [3.8, 4) is 17.1 Å². The van der Waals surface area contributed by atoms with E-state index in [9.17, 15) is 14.3 Å². The molecule has 0 radical (unpaired) electrons. The van der Waals surface area contributed by atoms with E-state index in [1.54, 1.807) is 16.7 Å². The van der Waals surface area contributed by atoms with Gasteiger partial charge in [-0.1, -0.05) is 30.3 Å². The van der Waals surface area contributed by atoms with Crippen LogP contribution in [0.4, 0.5) is 4.39 Å². The number of aryl methyl sites for hydroxylation is 1. The molecule has 1 heterocycles. The number of aromatic nitrogens is 2. The second-order valence-corrected chi connectivity index (χ2v) is 4.92. The monoisotopic (exact) mass is 296 g/mol. The molecule has 4 nitrogen and oxygen atoms in total. The molecule has 2 aromatic carbocycles. The molecule has 3 aromatic rings. The smallest absolute Gasteiger partial charge is 0.356 e. The first-order chi connectivity index (χ1) is 10.6. The number of hydrogen-bond acceptors (Lipinski definition) is 2. The zero-order valence-electron chi connectivity index (χ0n) is 11.8. The maximum atomic E-state index is 13.5. The quantitative estimate of drug-likeness (QED) is 0.802. The second-order valence-electron chi connectivity index (χ2n) is 4.92. The van der Waals surface area contributed by atoms with Gasteiger partial charge in [0, 0.05) is 17.4 Å². The predicted molar refractivity (Wildman–Crippen MR) is 80.7 cm³/mol. The molecule has 22 heavy (non-hydrogen) atoms. The van der Waals surface area contributed by atoms with E-state index in [1.807, 2.05) is 31.2 Å². The molecule has 1 N–H and O–H groups in total. The summed E-state index contributed by atoms with van der Waals surface area (Å²) in [5.41, 5.74) is 2.21. The fourth-order valence-corrected chi connectivity index (χ4v) is 2.32. The molecule has 5 heteroatoms. The van der Waals surface area contributed by atoms with E-state index < -0.39 is 5.97 Å². The van der Waals surface area contributed by atoms with E-state index in [2.05, 4.69) is 4.98 Å². The number of carbonyl (C=O) groups is 1. The summed E-state index contributed by atoms with van der Waals surface area (Å²) in [6.07, 6.45) is 1.40. The second kappa shape index (κ2) is 5.44. The molecule has 0 fully saturated rings. The molecule has 0 atom stereocenters. The van der Waals surface area contributed by atoms with Gasteiger partial charge in [-0.15, -0.1) is 0 Å². The highest BCUT2D eigenvalue weighted by atomic mass is 19.1. The molecule has 0 saturated heterocycles. The molecule has 0 aliphatic carbocycles. The minimum absolute atomic E-state index is 0.0810. The van der Waals surface area contributed by atoms with Crippen LogP contribution in [0.1, 0.15) is 16.1 Å². The lowest BCUT2D eigenvalue weighted by Gasteiger charge is -2.09. The Bertz CT molecular complexity index is 855. The molecule has 0 spiro atoms. The molecule has 0 aliphatic heterocycles. The van der Waals surface area contributed by atoms with E-state index in [0.29, 0.717) is 11.5 Å². The van der Waals surface area contributed by atoms with Crippen molar-refractivity contribution in [1.29, 1.82) is 0 Å². The molecule has 110 valence electrons. The van der Waals surface area contributed by atoms with Crippen molar-refractivity contribution < 1.29 is 14.3 Å². The van der Waals surface area contributed by atoms with Crippen molar-refractivity contribution in [2.75, 3.05) is 0 Å². The molecule has 0 amide bonds. The van der Waals surface area contributed by atoms with Crippen LogP contribution >= 0.6 is 0 Å². The van der Waals surface area contributed by atoms with Crippen LogP contribution in [0.25, 0.3) is 17.1 Å². The highest BCUT2D eigenvalue weighted by molar-refractivity contribution is 5.86. The van der Waals surface area contributed by atoms with Crippen LogP contribution < -0.4 is 0 Å². The van der Waals surface area contributed by atoms with Gasteiger partial charge in [0.25, 0.3) is 0 Å². The third kappa shape index (κ3) is 2.48. The highest BCUT2D eigenvalue weighted by Crippen LogP contribution is 2.26.